The van der Waals surface area contributed by atoms with E-state index < -0.39 is 17.7 Å². The van der Waals surface area contributed by atoms with Crippen LogP contribution in [0.1, 0.15) is 22.7 Å². The van der Waals surface area contributed by atoms with Crippen LogP contribution in [0.4, 0.5) is 5.69 Å². The minimum atomic E-state index is -0.816. The van der Waals surface area contributed by atoms with Gasteiger partial charge in [0.1, 0.15) is 11.5 Å². The number of aliphatic hydroxyl groups is 1. The van der Waals surface area contributed by atoms with Crippen LogP contribution in [0.3, 0.4) is 0 Å². The number of hydrogen-bond donors (Lipinski definition) is 1. The first kappa shape index (κ1) is 20.7. The Morgan fingerprint density at radius 1 is 0.968 bits per heavy atom. The molecule has 1 heterocycles. The molecular weight excluding hydrogens is 414 g/mol. The van der Waals surface area contributed by atoms with Gasteiger partial charge in [0.2, 0.25) is 0 Å². The Bertz CT molecular complexity index is 1200. The summed E-state index contributed by atoms with van der Waals surface area (Å²) in [5, 5.41) is 11.7. The topological polar surface area (TPSA) is 66.8 Å². The van der Waals surface area contributed by atoms with Crippen LogP contribution in [0.15, 0.2) is 78.4 Å². The highest BCUT2D eigenvalue weighted by Gasteiger charge is 2.47. The van der Waals surface area contributed by atoms with Gasteiger partial charge in [0.25, 0.3) is 11.7 Å². The number of ether oxygens (including phenoxy) is 1. The van der Waals surface area contributed by atoms with Gasteiger partial charge in [-0.15, -0.1) is 0 Å². The summed E-state index contributed by atoms with van der Waals surface area (Å²) in [5.74, 6) is -1.38. The molecule has 4 rings (SSSR count). The molecule has 0 spiro atoms. The highest BCUT2D eigenvalue weighted by Crippen LogP contribution is 2.44. The Balaban J connectivity index is 2.00. The number of hydrogen-bond acceptors (Lipinski definition) is 4. The number of halogens is 1. The maximum atomic E-state index is 13.2. The SMILES string of the molecule is COc1ccccc1/C(O)=C1\C(=O)C(=O)N(c2cccc(Cl)c2C)C1c1ccccc1. The van der Waals surface area contributed by atoms with Crippen LogP contribution in [-0.2, 0) is 9.59 Å². The Morgan fingerprint density at radius 2 is 1.65 bits per heavy atom. The second kappa shape index (κ2) is 8.28. The lowest BCUT2D eigenvalue weighted by Crippen LogP contribution is -2.30. The summed E-state index contributed by atoms with van der Waals surface area (Å²) in [4.78, 5) is 27.8. The van der Waals surface area contributed by atoms with Gasteiger partial charge in [0.05, 0.1) is 24.3 Å². The quantitative estimate of drug-likeness (QED) is 0.345. The Hall–Kier alpha value is -3.57. The van der Waals surface area contributed by atoms with Crippen LogP contribution in [0.2, 0.25) is 5.02 Å². The van der Waals surface area contributed by atoms with E-state index in [0.29, 0.717) is 33.1 Å². The summed E-state index contributed by atoms with van der Waals surface area (Å²) >= 11 is 6.30. The number of nitrogens with zero attached hydrogens (tertiary/aromatic N) is 1. The number of carbonyl (C=O) groups excluding carboxylic acids is 2. The Kier molecular flexibility index (Phi) is 5.53. The lowest BCUT2D eigenvalue weighted by molar-refractivity contribution is -0.132. The lowest BCUT2D eigenvalue weighted by Gasteiger charge is -2.27. The van der Waals surface area contributed by atoms with Crippen molar-refractivity contribution in [1.82, 2.24) is 0 Å². The van der Waals surface area contributed by atoms with Crippen molar-refractivity contribution in [2.75, 3.05) is 12.0 Å². The molecule has 3 aromatic carbocycles. The van der Waals surface area contributed by atoms with Gasteiger partial charge in [0.15, 0.2) is 0 Å². The van der Waals surface area contributed by atoms with Crippen molar-refractivity contribution in [3.05, 3.63) is 100 Å². The molecule has 1 aliphatic heterocycles. The van der Waals surface area contributed by atoms with Crippen LogP contribution in [0.5, 0.6) is 5.75 Å². The summed E-state index contributed by atoms with van der Waals surface area (Å²) in [5.41, 5.74) is 2.22. The first-order valence-corrected chi connectivity index (χ1v) is 10.1. The van der Waals surface area contributed by atoms with Crippen LogP contribution in [0, 0.1) is 6.92 Å². The van der Waals surface area contributed by atoms with Crippen molar-refractivity contribution in [3.63, 3.8) is 0 Å². The summed E-state index contributed by atoms with van der Waals surface area (Å²) < 4.78 is 5.35. The fourth-order valence-electron chi connectivity index (χ4n) is 3.87. The van der Waals surface area contributed by atoms with E-state index in [2.05, 4.69) is 0 Å². The molecule has 6 heteroatoms. The monoisotopic (exact) mass is 433 g/mol. The van der Waals surface area contributed by atoms with Gasteiger partial charge in [0, 0.05) is 10.7 Å². The minimum Gasteiger partial charge on any atom is -0.507 e. The van der Waals surface area contributed by atoms with Gasteiger partial charge < -0.3 is 9.84 Å². The van der Waals surface area contributed by atoms with E-state index in [1.54, 1.807) is 49.4 Å². The highest BCUT2D eigenvalue weighted by atomic mass is 35.5. The highest BCUT2D eigenvalue weighted by molar-refractivity contribution is 6.52. The van der Waals surface area contributed by atoms with E-state index in [4.69, 9.17) is 16.3 Å². The molecule has 1 atom stereocenters. The number of aliphatic hydroxyl groups excluding tert-OH is 1. The number of carbonyl (C=O) groups is 2. The van der Waals surface area contributed by atoms with E-state index in [-0.39, 0.29) is 11.3 Å². The third-order valence-electron chi connectivity index (χ3n) is 5.42. The standard InChI is InChI=1S/C25H20ClNO4/c1-15-18(26)12-8-13-19(15)27-22(16-9-4-3-5-10-16)21(24(29)25(27)30)23(28)17-11-6-7-14-20(17)31-2/h3-14,22,28H,1-2H3/b23-21+. The van der Waals surface area contributed by atoms with Gasteiger partial charge >= 0.3 is 0 Å². The van der Waals surface area contributed by atoms with Gasteiger partial charge in [-0.2, -0.15) is 0 Å². The third-order valence-corrected chi connectivity index (χ3v) is 5.83. The van der Waals surface area contributed by atoms with E-state index in [1.807, 2.05) is 30.3 Å². The molecule has 1 fully saturated rings. The van der Waals surface area contributed by atoms with Crippen LogP contribution < -0.4 is 9.64 Å². The van der Waals surface area contributed by atoms with Crippen molar-refractivity contribution in [3.8, 4) is 5.75 Å². The summed E-state index contributed by atoms with van der Waals surface area (Å²) in [6.45, 7) is 1.79. The van der Waals surface area contributed by atoms with E-state index in [1.165, 1.54) is 12.0 Å². The predicted molar refractivity (Wildman–Crippen MR) is 120 cm³/mol. The number of methoxy groups -OCH3 is 1. The number of Topliss-reactive ketones (excluding diaryl/α,β-unsaturated/α-hetero) is 1. The lowest BCUT2D eigenvalue weighted by atomic mass is 9.94. The first-order chi connectivity index (χ1) is 15.0. The molecule has 0 bridgehead atoms. The van der Waals surface area contributed by atoms with E-state index in [9.17, 15) is 14.7 Å². The summed E-state index contributed by atoms with van der Waals surface area (Å²) in [7, 11) is 1.48. The van der Waals surface area contributed by atoms with Gasteiger partial charge in [-0.25, -0.2) is 0 Å². The first-order valence-electron chi connectivity index (χ1n) is 9.70. The van der Waals surface area contributed by atoms with Gasteiger partial charge in [-0.05, 0) is 42.3 Å². The molecule has 5 nitrogen and oxygen atoms in total. The molecule has 156 valence electrons. The summed E-state index contributed by atoms with van der Waals surface area (Å²) in [6.07, 6.45) is 0. The molecule has 3 aromatic rings. The zero-order valence-corrected chi connectivity index (χ0v) is 17.8. The van der Waals surface area contributed by atoms with Crippen LogP contribution >= 0.6 is 11.6 Å². The van der Waals surface area contributed by atoms with Crippen molar-refractivity contribution in [2.45, 2.75) is 13.0 Å². The molecule has 31 heavy (non-hydrogen) atoms. The molecule has 1 N–H and O–H groups in total. The molecule has 0 saturated carbocycles. The normalized spacial score (nSPS) is 17.8. The fourth-order valence-corrected chi connectivity index (χ4v) is 4.04. The zero-order valence-electron chi connectivity index (χ0n) is 17.0. The second-order valence-electron chi connectivity index (χ2n) is 7.16. The molecule has 0 aromatic heterocycles. The number of rotatable bonds is 4. The number of para-hydroxylation sites is 1. The van der Waals surface area contributed by atoms with Crippen LogP contribution in [0.25, 0.3) is 5.76 Å². The smallest absolute Gasteiger partial charge is 0.300 e. The van der Waals surface area contributed by atoms with Gasteiger partial charge in [-0.3, -0.25) is 14.5 Å². The number of ketones is 1. The Labute approximate surface area is 185 Å². The molecule has 1 aliphatic rings. The van der Waals surface area contributed by atoms with Crippen molar-refractivity contribution >= 4 is 34.7 Å². The van der Waals surface area contributed by atoms with Crippen molar-refractivity contribution < 1.29 is 19.4 Å². The average Bonchev–Trinajstić information content (AvgIpc) is 3.06. The minimum absolute atomic E-state index is 0.0000699. The average molecular weight is 434 g/mol. The number of amides is 1. The number of anilines is 1. The second-order valence-corrected chi connectivity index (χ2v) is 7.57. The maximum Gasteiger partial charge on any atom is 0.300 e. The summed E-state index contributed by atoms with van der Waals surface area (Å²) in [6, 6.07) is 20.3. The molecule has 0 radical (unpaired) electrons. The third kappa shape index (κ3) is 3.47. The molecular formula is C25H20ClNO4. The van der Waals surface area contributed by atoms with E-state index >= 15 is 0 Å². The number of benzene rings is 3. The van der Waals surface area contributed by atoms with Crippen LogP contribution in [-0.4, -0.2) is 23.9 Å². The predicted octanol–water partition coefficient (Wildman–Crippen LogP) is 5.28. The van der Waals surface area contributed by atoms with Crippen molar-refractivity contribution in [2.24, 2.45) is 0 Å². The van der Waals surface area contributed by atoms with Crippen molar-refractivity contribution in [1.29, 1.82) is 0 Å². The zero-order chi connectivity index (χ0) is 22.1. The van der Waals surface area contributed by atoms with E-state index in [0.717, 1.165) is 0 Å². The Morgan fingerprint density at radius 3 is 2.35 bits per heavy atom. The molecule has 1 unspecified atom stereocenters. The fraction of sp³-hybridized carbons (Fsp3) is 0.120. The molecule has 0 aliphatic carbocycles. The maximum absolute atomic E-state index is 13.2. The van der Waals surface area contributed by atoms with Gasteiger partial charge in [-0.1, -0.05) is 60.1 Å². The molecule has 1 saturated heterocycles. The molecule has 1 amide bonds. The largest absolute Gasteiger partial charge is 0.507 e.